The van der Waals surface area contributed by atoms with Crippen molar-refractivity contribution in [3.63, 3.8) is 0 Å². The Balaban J connectivity index is 1.60. The predicted molar refractivity (Wildman–Crippen MR) is 94.6 cm³/mol. The van der Waals surface area contributed by atoms with E-state index in [0.29, 0.717) is 13.1 Å². The second-order valence-corrected chi connectivity index (χ2v) is 6.13. The van der Waals surface area contributed by atoms with Gasteiger partial charge >= 0.3 is 0 Å². The van der Waals surface area contributed by atoms with Gasteiger partial charge in [0.1, 0.15) is 0 Å². The molecule has 1 aliphatic heterocycles. The zero-order chi connectivity index (χ0) is 16.9. The fourth-order valence-electron chi connectivity index (χ4n) is 2.97. The summed E-state index contributed by atoms with van der Waals surface area (Å²) in [5.41, 5.74) is 3.17. The van der Waals surface area contributed by atoms with Crippen molar-refractivity contribution in [3.8, 4) is 0 Å². The zero-order valence-electron chi connectivity index (χ0n) is 13.9. The predicted octanol–water partition coefficient (Wildman–Crippen LogP) is 2.92. The molecule has 2 aromatic carbocycles. The quantitative estimate of drug-likeness (QED) is 0.920. The van der Waals surface area contributed by atoms with Crippen LogP contribution in [0, 0.1) is 5.92 Å². The molecule has 1 aliphatic rings. The molecule has 1 N–H and O–H groups in total. The van der Waals surface area contributed by atoms with Crippen LogP contribution in [0.1, 0.15) is 24.5 Å². The molecule has 0 aromatic heterocycles. The highest BCUT2D eigenvalue weighted by molar-refractivity contribution is 6.00. The maximum absolute atomic E-state index is 12.4. The number of aryl methyl sites for hydroxylation is 1. The minimum absolute atomic E-state index is 0.0131. The Morgan fingerprint density at radius 1 is 1.08 bits per heavy atom. The van der Waals surface area contributed by atoms with Crippen molar-refractivity contribution in [1.82, 2.24) is 5.32 Å². The van der Waals surface area contributed by atoms with Crippen LogP contribution in [-0.2, 0) is 22.6 Å². The number of rotatable bonds is 5. The molecule has 2 amide bonds. The Kier molecular flexibility index (Phi) is 4.94. The van der Waals surface area contributed by atoms with Gasteiger partial charge in [-0.2, -0.15) is 0 Å². The number of nitrogens with one attached hydrogen (secondary N) is 1. The minimum Gasteiger partial charge on any atom is -0.352 e. The molecule has 3 rings (SSSR count). The number of benzene rings is 2. The second kappa shape index (κ2) is 7.30. The fourth-order valence-corrected chi connectivity index (χ4v) is 2.97. The van der Waals surface area contributed by atoms with Crippen molar-refractivity contribution >= 4 is 17.5 Å². The first-order chi connectivity index (χ1) is 11.7. The molecule has 1 atom stereocenters. The summed E-state index contributed by atoms with van der Waals surface area (Å²) < 4.78 is 0. The van der Waals surface area contributed by atoms with Crippen molar-refractivity contribution in [3.05, 3.63) is 65.7 Å². The van der Waals surface area contributed by atoms with Crippen LogP contribution in [0.25, 0.3) is 0 Å². The molecule has 1 saturated heterocycles. The highest BCUT2D eigenvalue weighted by atomic mass is 16.2. The topological polar surface area (TPSA) is 49.4 Å². The Morgan fingerprint density at radius 2 is 1.79 bits per heavy atom. The second-order valence-electron chi connectivity index (χ2n) is 6.13. The molecular formula is C20H22N2O2. The van der Waals surface area contributed by atoms with Gasteiger partial charge in [0.2, 0.25) is 11.8 Å². The smallest absolute Gasteiger partial charge is 0.227 e. The van der Waals surface area contributed by atoms with Crippen LogP contribution in [0.15, 0.2) is 54.6 Å². The van der Waals surface area contributed by atoms with Gasteiger partial charge in [-0.05, 0) is 29.7 Å². The summed E-state index contributed by atoms with van der Waals surface area (Å²) in [7, 11) is 0. The van der Waals surface area contributed by atoms with Gasteiger partial charge in [-0.25, -0.2) is 0 Å². The summed E-state index contributed by atoms with van der Waals surface area (Å²) in [6.45, 7) is 3.05. The van der Waals surface area contributed by atoms with E-state index in [9.17, 15) is 9.59 Å². The SMILES string of the molecule is CCc1ccc(N2C[C@H](C(=O)NCc3ccccc3)CC2=O)cc1. The molecular weight excluding hydrogens is 300 g/mol. The van der Waals surface area contributed by atoms with Crippen LogP contribution in [0.5, 0.6) is 0 Å². The number of hydrogen-bond acceptors (Lipinski definition) is 2. The molecule has 2 aromatic rings. The molecule has 24 heavy (non-hydrogen) atoms. The lowest BCUT2D eigenvalue weighted by Gasteiger charge is -2.17. The fraction of sp³-hybridized carbons (Fsp3) is 0.300. The number of amides is 2. The summed E-state index contributed by atoms with van der Waals surface area (Å²) in [4.78, 5) is 26.3. The lowest BCUT2D eigenvalue weighted by molar-refractivity contribution is -0.126. The van der Waals surface area contributed by atoms with E-state index >= 15 is 0 Å². The molecule has 1 fully saturated rings. The number of nitrogens with zero attached hydrogens (tertiary/aromatic N) is 1. The van der Waals surface area contributed by atoms with Crippen LogP contribution in [0.2, 0.25) is 0 Å². The molecule has 124 valence electrons. The van der Waals surface area contributed by atoms with Gasteiger partial charge in [0.05, 0.1) is 5.92 Å². The van der Waals surface area contributed by atoms with Crippen LogP contribution < -0.4 is 10.2 Å². The number of carbonyl (C=O) groups excluding carboxylic acids is 2. The molecule has 4 nitrogen and oxygen atoms in total. The van der Waals surface area contributed by atoms with Gasteiger partial charge < -0.3 is 10.2 Å². The molecule has 0 saturated carbocycles. The van der Waals surface area contributed by atoms with Gasteiger partial charge in [-0.3, -0.25) is 9.59 Å². The molecule has 1 heterocycles. The van der Waals surface area contributed by atoms with Crippen LogP contribution in [-0.4, -0.2) is 18.4 Å². The van der Waals surface area contributed by atoms with Crippen molar-refractivity contribution in [2.45, 2.75) is 26.3 Å². The third-order valence-corrected chi connectivity index (χ3v) is 4.46. The summed E-state index contributed by atoms with van der Waals surface area (Å²) in [6.07, 6.45) is 1.24. The van der Waals surface area contributed by atoms with E-state index in [0.717, 1.165) is 17.7 Å². The van der Waals surface area contributed by atoms with E-state index < -0.39 is 0 Å². The van der Waals surface area contributed by atoms with Gasteiger partial charge in [-0.1, -0.05) is 49.4 Å². The van der Waals surface area contributed by atoms with Gasteiger partial charge in [0.25, 0.3) is 0 Å². The molecule has 0 aliphatic carbocycles. The van der Waals surface area contributed by atoms with Crippen molar-refractivity contribution < 1.29 is 9.59 Å². The van der Waals surface area contributed by atoms with E-state index in [4.69, 9.17) is 0 Å². The average Bonchev–Trinajstić information content (AvgIpc) is 3.02. The summed E-state index contributed by atoms with van der Waals surface area (Å²) >= 11 is 0. The molecule has 0 unspecified atom stereocenters. The average molecular weight is 322 g/mol. The van der Waals surface area contributed by atoms with E-state index in [1.54, 1.807) is 4.90 Å². The number of carbonyl (C=O) groups is 2. The maximum atomic E-state index is 12.4. The van der Waals surface area contributed by atoms with Crippen LogP contribution in [0.4, 0.5) is 5.69 Å². The van der Waals surface area contributed by atoms with E-state index in [2.05, 4.69) is 12.2 Å². The molecule has 0 radical (unpaired) electrons. The maximum Gasteiger partial charge on any atom is 0.227 e. The van der Waals surface area contributed by atoms with Gasteiger partial charge in [0.15, 0.2) is 0 Å². The Labute approximate surface area is 142 Å². The first-order valence-corrected chi connectivity index (χ1v) is 8.38. The Hall–Kier alpha value is -2.62. The van der Waals surface area contributed by atoms with E-state index in [-0.39, 0.29) is 24.2 Å². The highest BCUT2D eigenvalue weighted by Crippen LogP contribution is 2.25. The van der Waals surface area contributed by atoms with E-state index in [1.807, 2.05) is 54.6 Å². The van der Waals surface area contributed by atoms with Gasteiger partial charge in [-0.15, -0.1) is 0 Å². The summed E-state index contributed by atoms with van der Waals surface area (Å²) in [5.74, 6) is -0.328. The summed E-state index contributed by atoms with van der Waals surface area (Å²) in [5, 5.41) is 2.93. The lowest BCUT2D eigenvalue weighted by Crippen LogP contribution is -2.32. The zero-order valence-corrected chi connectivity index (χ0v) is 13.9. The van der Waals surface area contributed by atoms with Crippen molar-refractivity contribution in [2.24, 2.45) is 5.92 Å². The van der Waals surface area contributed by atoms with Crippen molar-refractivity contribution in [1.29, 1.82) is 0 Å². The van der Waals surface area contributed by atoms with Crippen LogP contribution in [0.3, 0.4) is 0 Å². The third kappa shape index (κ3) is 3.65. The first-order valence-electron chi connectivity index (χ1n) is 8.38. The first kappa shape index (κ1) is 16.2. The molecule has 0 spiro atoms. The summed E-state index contributed by atoms with van der Waals surface area (Å²) in [6, 6.07) is 17.8. The molecule has 0 bridgehead atoms. The number of anilines is 1. The minimum atomic E-state index is -0.285. The van der Waals surface area contributed by atoms with Crippen LogP contribution >= 0.6 is 0 Å². The van der Waals surface area contributed by atoms with E-state index in [1.165, 1.54) is 5.56 Å². The van der Waals surface area contributed by atoms with Crippen molar-refractivity contribution in [2.75, 3.05) is 11.4 Å². The Bertz CT molecular complexity index is 710. The third-order valence-electron chi connectivity index (χ3n) is 4.46. The Morgan fingerprint density at radius 3 is 2.46 bits per heavy atom. The number of hydrogen-bond donors (Lipinski definition) is 1. The monoisotopic (exact) mass is 322 g/mol. The normalized spacial score (nSPS) is 17.1. The standard InChI is InChI=1S/C20H22N2O2/c1-2-15-8-10-18(11-9-15)22-14-17(12-19(22)23)20(24)21-13-16-6-4-3-5-7-16/h3-11,17H,2,12-14H2,1H3,(H,21,24)/t17-/m1/s1. The largest absolute Gasteiger partial charge is 0.352 e. The lowest BCUT2D eigenvalue weighted by atomic mass is 10.1. The molecule has 4 heteroatoms. The van der Waals surface area contributed by atoms with Gasteiger partial charge in [0, 0.05) is 25.2 Å². The highest BCUT2D eigenvalue weighted by Gasteiger charge is 2.34.